The van der Waals surface area contributed by atoms with Crippen molar-refractivity contribution < 1.29 is 9.13 Å². The highest BCUT2D eigenvalue weighted by atomic mass is 19.1. The fourth-order valence-electron chi connectivity index (χ4n) is 3.51. The first-order valence-corrected chi connectivity index (χ1v) is 10.2. The van der Waals surface area contributed by atoms with Crippen molar-refractivity contribution in [3.63, 3.8) is 0 Å². The molecule has 1 unspecified atom stereocenters. The molecule has 1 aliphatic carbocycles. The zero-order valence-corrected chi connectivity index (χ0v) is 17.8. The van der Waals surface area contributed by atoms with E-state index in [4.69, 9.17) is 4.74 Å². The van der Waals surface area contributed by atoms with Gasteiger partial charge in [-0.2, -0.15) is 0 Å². The number of nitrogens with one attached hydrogen (secondary N) is 1. The van der Waals surface area contributed by atoms with Gasteiger partial charge in [-0.15, -0.1) is 0 Å². The molecule has 29 heavy (non-hydrogen) atoms. The second-order valence-electron chi connectivity index (χ2n) is 7.65. The van der Waals surface area contributed by atoms with Crippen LogP contribution in [0.1, 0.15) is 54.5 Å². The number of hydrogen-bond acceptors (Lipinski definition) is 5. The molecule has 156 valence electrons. The molecule has 1 saturated carbocycles. The van der Waals surface area contributed by atoms with Crippen LogP contribution in [0.25, 0.3) is 6.08 Å². The molecule has 2 aromatic heterocycles. The van der Waals surface area contributed by atoms with Crippen LogP contribution >= 0.6 is 0 Å². The van der Waals surface area contributed by atoms with Crippen LogP contribution in [0.15, 0.2) is 30.1 Å². The third-order valence-electron chi connectivity index (χ3n) is 5.60. The summed E-state index contributed by atoms with van der Waals surface area (Å²) < 4.78 is 17.7. The molecule has 2 heterocycles. The maximum absolute atomic E-state index is 12.4. The van der Waals surface area contributed by atoms with E-state index in [0.29, 0.717) is 5.88 Å². The molecule has 0 amide bonds. The van der Waals surface area contributed by atoms with Gasteiger partial charge in [0.15, 0.2) is 0 Å². The molecule has 0 aromatic carbocycles. The molecule has 1 aliphatic rings. The summed E-state index contributed by atoms with van der Waals surface area (Å²) >= 11 is 0. The van der Waals surface area contributed by atoms with Crippen LogP contribution in [-0.4, -0.2) is 42.2 Å². The maximum Gasteiger partial charge on any atom is 0.216 e. The van der Waals surface area contributed by atoms with E-state index in [1.54, 1.807) is 0 Å². The summed E-state index contributed by atoms with van der Waals surface area (Å²) in [6, 6.07) is 4.33. The van der Waals surface area contributed by atoms with Crippen LogP contribution in [-0.2, 0) is 6.54 Å². The van der Waals surface area contributed by atoms with Crippen molar-refractivity contribution in [2.24, 2.45) is 0 Å². The average molecular weight is 399 g/mol. The van der Waals surface area contributed by atoms with Gasteiger partial charge in [0, 0.05) is 43.2 Å². The summed E-state index contributed by atoms with van der Waals surface area (Å²) in [5, 5.41) is 3.24. The molecular formula is C23H31FN4O. The number of anilines is 1. The fraction of sp³-hybridized carbons (Fsp3) is 0.478. The summed E-state index contributed by atoms with van der Waals surface area (Å²) in [6.45, 7) is 4.40. The van der Waals surface area contributed by atoms with Crippen LogP contribution < -0.4 is 10.1 Å². The Morgan fingerprint density at radius 2 is 2.14 bits per heavy atom. The Bertz CT molecular complexity index is 862. The van der Waals surface area contributed by atoms with Crippen molar-refractivity contribution in [3.05, 3.63) is 52.4 Å². The van der Waals surface area contributed by atoms with Crippen LogP contribution in [0.4, 0.5) is 10.2 Å². The van der Waals surface area contributed by atoms with Crippen molar-refractivity contribution in [1.29, 1.82) is 0 Å². The highest BCUT2D eigenvalue weighted by molar-refractivity contribution is 5.63. The van der Waals surface area contributed by atoms with Gasteiger partial charge in [-0.05, 0) is 63.4 Å². The number of nitrogens with zero attached hydrogens (tertiary/aromatic N) is 3. The molecule has 0 spiro atoms. The van der Waals surface area contributed by atoms with Gasteiger partial charge in [-0.3, -0.25) is 4.90 Å². The van der Waals surface area contributed by atoms with Crippen molar-refractivity contribution >= 4 is 11.9 Å². The smallest absolute Gasteiger partial charge is 0.216 e. The Kier molecular flexibility index (Phi) is 7.20. The van der Waals surface area contributed by atoms with Gasteiger partial charge < -0.3 is 10.1 Å². The lowest BCUT2D eigenvalue weighted by Gasteiger charge is -2.27. The molecular weight excluding hydrogens is 367 g/mol. The van der Waals surface area contributed by atoms with Gasteiger partial charge in [-0.1, -0.05) is 11.6 Å². The number of alkyl halides is 1. The number of aromatic nitrogens is 2. The van der Waals surface area contributed by atoms with Gasteiger partial charge in [-0.25, -0.2) is 14.4 Å². The van der Waals surface area contributed by atoms with Crippen molar-refractivity contribution in [2.75, 3.05) is 32.7 Å². The quantitative estimate of drug-likeness (QED) is 0.649. The zero-order chi connectivity index (χ0) is 20.8. The van der Waals surface area contributed by atoms with Gasteiger partial charge in [0.25, 0.3) is 0 Å². The second-order valence-corrected chi connectivity index (χ2v) is 7.65. The Balaban J connectivity index is 1.79. The van der Waals surface area contributed by atoms with E-state index < -0.39 is 6.67 Å². The summed E-state index contributed by atoms with van der Waals surface area (Å²) in [5.74, 6) is 1.42. The topological polar surface area (TPSA) is 50.3 Å². The highest BCUT2D eigenvalue weighted by Crippen LogP contribution is 2.31. The number of rotatable bonds is 9. The standard InChI is InChI=1S/C23H31FN4O/c1-16-12-20(14-27-23(16)29-11-9-24)17(2)28(4)15-21-19(13-18-6-5-7-18)8-10-26-22(21)25-3/h8,10,12-14,17H,5-7,9,11,15H2,1-4H3,(H,25,26). The predicted octanol–water partition coefficient (Wildman–Crippen LogP) is 4.94. The van der Waals surface area contributed by atoms with Gasteiger partial charge in [0.2, 0.25) is 5.88 Å². The summed E-state index contributed by atoms with van der Waals surface area (Å²) in [7, 11) is 4.03. The number of pyridine rings is 2. The monoisotopic (exact) mass is 398 g/mol. The van der Waals surface area contributed by atoms with E-state index >= 15 is 0 Å². The maximum atomic E-state index is 12.4. The van der Waals surface area contributed by atoms with E-state index in [-0.39, 0.29) is 12.6 Å². The Morgan fingerprint density at radius 3 is 2.76 bits per heavy atom. The molecule has 1 fully saturated rings. The minimum Gasteiger partial charge on any atom is -0.475 e. The molecule has 1 atom stereocenters. The molecule has 0 aliphatic heterocycles. The Morgan fingerprint density at radius 1 is 1.34 bits per heavy atom. The number of halogens is 1. The lowest BCUT2D eigenvalue weighted by atomic mass is 9.90. The molecule has 1 N–H and O–H groups in total. The first-order valence-electron chi connectivity index (χ1n) is 10.2. The molecule has 0 saturated heterocycles. The largest absolute Gasteiger partial charge is 0.475 e. The summed E-state index contributed by atoms with van der Waals surface area (Å²) in [5.41, 5.74) is 5.98. The van der Waals surface area contributed by atoms with Crippen molar-refractivity contribution in [1.82, 2.24) is 14.9 Å². The summed E-state index contributed by atoms with van der Waals surface area (Å²) in [6.07, 6.45) is 9.70. The van der Waals surface area contributed by atoms with Crippen molar-refractivity contribution in [3.8, 4) is 5.88 Å². The minimum atomic E-state index is -0.514. The molecule has 6 heteroatoms. The first-order chi connectivity index (χ1) is 14.0. The van der Waals surface area contributed by atoms with Crippen LogP contribution in [0, 0.1) is 6.92 Å². The average Bonchev–Trinajstić information content (AvgIpc) is 2.69. The third-order valence-corrected chi connectivity index (χ3v) is 5.60. The molecule has 2 aromatic rings. The van der Waals surface area contributed by atoms with Crippen LogP contribution in [0.5, 0.6) is 5.88 Å². The summed E-state index contributed by atoms with van der Waals surface area (Å²) in [4.78, 5) is 11.2. The highest BCUT2D eigenvalue weighted by Gasteiger charge is 2.18. The van der Waals surface area contributed by atoms with E-state index in [0.717, 1.165) is 23.5 Å². The molecule has 0 radical (unpaired) electrons. The Labute approximate surface area is 173 Å². The predicted molar refractivity (Wildman–Crippen MR) is 116 cm³/mol. The molecule has 0 bridgehead atoms. The van der Waals surface area contributed by atoms with E-state index in [9.17, 15) is 4.39 Å². The van der Waals surface area contributed by atoms with Crippen LogP contribution in [0.2, 0.25) is 0 Å². The van der Waals surface area contributed by atoms with Gasteiger partial charge in [0.05, 0.1) is 0 Å². The van der Waals surface area contributed by atoms with E-state index in [2.05, 4.69) is 52.4 Å². The third kappa shape index (κ3) is 5.12. The fourth-order valence-corrected chi connectivity index (χ4v) is 3.51. The van der Waals surface area contributed by atoms with Crippen LogP contribution in [0.3, 0.4) is 0 Å². The number of aryl methyl sites for hydroxylation is 1. The normalized spacial score (nSPS) is 14.5. The molecule has 3 rings (SSSR count). The Hall–Kier alpha value is -2.47. The number of hydrogen-bond donors (Lipinski definition) is 1. The van der Waals surface area contributed by atoms with E-state index in [1.165, 1.54) is 36.0 Å². The zero-order valence-electron chi connectivity index (χ0n) is 17.8. The second kappa shape index (κ2) is 9.83. The minimum absolute atomic E-state index is 0.0364. The number of allylic oxidation sites excluding steroid dienone is 1. The lowest BCUT2D eigenvalue weighted by Crippen LogP contribution is -2.23. The molecule has 5 nitrogen and oxygen atoms in total. The lowest BCUT2D eigenvalue weighted by molar-refractivity contribution is 0.249. The van der Waals surface area contributed by atoms with Crippen molar-refractivity contribution in [2.45, 2.75) is 45.7 Å². The van der Waals surface area contributed by atoms with Gasteiger partial charge in [0.1, 0.15) is 19.1 Å². The SMILES string of the molecule is CNc1nccc(C=C2CCC2)c1CN(C)C(C)c1cnc(OCCF)c(C)c1. The van der Waals surface area contributed by atoms with Gasteiger partial charge >= 0.3 is 0 Å². The first kappa shape index (κ1) is 21.2. The number of ether oxygens (including phenoxy) is 1. The van der Waals surface area contributed by atoms with E-state index in [1.807, 2.05) is 26.4 Å².